The lowest BCUT2D eigenvalue weighted by Gasteiger charge is -2.18. The van der Waals surface area contributed by atoms with Gasteiger partial charge in [0, 0.05) is 19.4 Å². The molecule has 0 saturated heterocycles. The maximum Gasteiger partial charge on any atom is 0.344 e. The molecule has 0 amide bonds. The molecule has 1 N–H and O–H groups in total. The largest absolute Gasteiger partial charge is 0.443 e. The maximum absolute atomic E-state index is 5.56. The fourth-order valence-corrected chi connectivity index (χ4v) is 1.09. The van der Waals surface area contributed by atoms with E-state index in [1.807, 2.05) is 54.7 Å². The van der Waals surface area contributed by atoms with Crippen LogP contribution in [0.5, 0.6) is 5.75 Å². The molecule has 0 bridgehead atoms. The Morgan fingerprint density at radius 1 is 1.23 bits per heavy atom. The van der Waals surface area contributed by atoms with Crippen LogP contribution in [0.1, 0.15) is 0 Å². The van der Waals surface area contributed by atoms with E-state index in [0.717, 1.165) is 12.1 Å². The molecule has 0 aliphatic carbocycles. The smallest absolute Gasteiger partial charge is 0.344 e. The third-order valence-corrected chi connectivity index (χ3v) is 1.78. The minimum Gasteiger partial charge on any atom is -0.443 e. The Bertz CT molecular complexity index is 297. The molecule has 0 spiro atoms. The molecule has 1 heterocycles. The molecule has 1 radical (unpaired) electrons. The van der Waals surface area contributed by atoms with Gasteiger partial charge in [-0.3, -0.25) is 0 Å². The lowest BCUT2D eigenvalue weighted by molar-refractivity contribution is 0.192. The molecular formula is C10H11N2O. The first-order valence-corrected chi connectivity index (χ1v) is 4.12. The van der Waals surface area contributed by atoms with Gasteiger partial charge in [-0.05, 0) is 12.1 Å². The van der Waals surface area contributed by atoms with E-state index in [4.69, 9.17) is 4.74 Å². The van der Waals surface area contributed by atoms with Gasteiger partial charge in [-0.25, -0.2) is 0 Å². The molecule has 67 valence electrons. The predicted octanol–water partition coefficient (Wildman–Crippen LogP) is 1.52. The molecule has 1 aliphatic heterocycles. The number of hydrogen-bond donors (Lipinski definition) is 1. The van der Waals surface area contributed by atoms with Crippen LogP contribution in [-0.2, 0) is 0 Å². The Hall–Kier alpha value is -1.64. The van der Waals surface area contributed by atoms with E-state index in [1.165, 1.54) is 0 Å². The van der Waals surface area contributed by atoms with Gasteiger partial charge in [0.05, 0.1) is 0 Å². The molecule has 0 saturated carbocycles. The van der Waals surface area contributed by atoms with Crippen LogP contribution in [0.3, 0.4) is 0 Å². The van der Waals surface area contributed by atoms with E-state index in [0.29, 0.717) is 0 Å². The summed E-state index contributed by atoms with van der Waals surface area (Å²) < 4.78 is 5.56. The maximum atomic E-state index is 5.56. The molecule has 3 nitrogen and oxygen atoms in total. The summed E-state index contributed by atoms with van der Waals surface area (Å²) in [7, 11) is 1.93. The van der Waals surface area contributed by atoms with Gasteiger partial charge in [0.1, 0.15) is 5.75 Å². The second kappa shape index (κ2) is 3.39. The Morgan fingerprint density at radius 2 is 2.00 bits per heavy atom. The first-order valence-electron chi connectivity index (χ1n) is 4.12. The highest BCUT2D eigenvalue weighted by Gasteiger charge is 2.18. The van der Waals surface area contributed by atoms with Crippen LogP contribution in [0.15, 0.2) is 42.7 Å². The van der Waals surface area contributed by atoms with Crippen molar-refractivity contribution < 1.29 is 4.74 Å². The van der Waals surface area contributed by atoms with Crippen molar-refractivity contribution in [1.29, 1.82) is 0 Å². The lowest BCUT2D eigenvalue weighted by atomic mass is 10.3. The number of nitrogens with one attached hydrogen (secondary N) is 1. The Morgan fingerprint density at radius 3 is 2.62 bits per heavy atom. The second-order valence-electron chi connectivity index (χ2n) is 2.79. The molecule has 13 heavy (non-hydrogen) atoms. The third kappa shape index (κ3) is 1.75. The number of rotatable bonds is 2. The summed E-state index contributed by atoms with van der Waals surface area (Å²) in [6.07, 6.45) is 4.46. The van der Waals surface area contributed by atoms with E-state index in [2.05, 4.69) is 5.32 Å². The summed E-state index contributed by atoms with van der Waals surface area (Å²) in [4.78, 5) is 1.88. The van der Waals surface area contributed by atoms with Crippen molar-refractivity contribution in [3.63, 3.8) is 0 Å². The first-order chi connectivity index (χ1) is 6.36. The van der Waals surface area contributed by atoms with Crippen LogP contribution in [-0.4, -0.2) is 11.9 Å². The summed E-state index contributed by atoms with van der Waals surface area (Å²) in [5.74, 6) is 0.834. The van der Waals surface area contributed by atoms with Crippen molar-refractivity contribution in [3.05, 3.63) is 49.1 Å². The lowest BCUT2D eigenvalue weighted by Crippen LogP contribution is -2.28. The minimum absolute atomic E-state index is 0.728. The van der Waals surface area contributed by atoms with Crippen molar-refractivity contribution in [2.24, 2.45) is 0 Å². The molecule has 1 aromatic rings. The fourth-order valence-electron chi connectivity index (χ4n) is 1.09. The number of ether oxygens (including phenoxy) is 1. The zero-order chi connectivity index (χ0) is 9.10. The van der Waals surface area contributed by atoms with Crippen LogP contribution in [0.2, 0.25) is 0 Å². The summed E-state index contributed by atoms with van der Waals surface area (Å²) in [6, 6.07) is 9.68. The monoisotopic (exact) mass is 175 g/mol. The summed E-state index contributed by atoms with van der Waals surface area (Å²) in [5, 5.41) is 2.99. The highest BCUT2D eigenvalue weighted by Crippen LogP contribution is 2.17. The fraction of sp³-hybridized carbons (Fsp3) is 0.100. The van der Waals surface area contributed by atoms with E-state index >= 15 is 0 Å². The summed E-state index contributed by atoms with van der Waals surface area (Å²) in [6.45, 7) is 0. The van der Waals surface area contributed by atoms with Crippen molar-refractivity contribution in [1.82, 2.24) is 10.2 Å². The summed E-state index contributed by atoms with van der Waals surface area (Å²) in [5.41, 5.74) is 0. The van der Waals surface area contributed by atoms with Crippen molar-refractivity contribution in [2.45, 2.75) is 0 Å². The van der Waals surface area contributed by atoms with Crippen LogP contribution in [0.4, 0.5) is 0 Å². The molecule has 0 atom stereocenters. The van der Waals surface area contributed by atoms with Crippen LogP contribution in [0, 0.1) is 6.35 Å². The Kier molecular flexibility index (Phi) is 2.08. The van der Waals surface area contributed by atoms with Crippen molar-refractivity contribution in [3.8, 4) is 5.75 Å². The van der Waals surface area contributed by atoms with Gasteiger partial charge in [0.15, 0.2) is 0 Å². The van der Waals surface area contributed by atoms with E-state index in [1.54, 1.807) is 0 Å². The molecule has 0 fully saturated rings. The Labute approximate surface area is 77.6 Å². The van der Waals surface area contributed by atoms with E-state index < -0.39 is 0 Å². The number of hydrogen-bond acceptors (Lipinski definition) is 3. The number of nitrogens with zero attached hydrogens (tertiary/aromatic N) is 1. The standard InChI is InChI=1S/C10H11N2O/c1-12-8-7-11-10(12)13-9-5-3-2-4-6-9/h2-8,11H,1H3. The summed E-state index contributed by atoms with van der Waals surface area (Å²) >= 11 is 0. The quantitative estimate of drug-likeness (QED) is 0.737. The van der Waals surface area contributed by atoms with Gasteiger partial charge in [-0.15, -0.1) is 0 Å². The molecule has 1 aliphatic rings. The highest BCUT2D eigenvalue weighted by molar-refractivity contribution is 5.22. The third-order valence-electron chi connectivity index (χ3n) is 1.78. The molecule has 2 rings (SSSR count). The van der Waals surface area contributed by atoms with Gasteiger partial charge in [0.2, 0.25) is 0 Å². The van der Waals surface area contributed by atoms with Gasteiger partial charge >= 0.3 is 6.35 Å². The second-order valence-corrected chi connectivity index (χ2v) is 2.79. The van der Waals surface area contributed by atoms with E-state index in [-0.39, 0.29) is 0 Å². The average molecular weight is 175 g/mol. The predicted molar refractivity (Wildman–Crippen MR) is 50.4 cm³/mol. The molecule has 3 heteroatoms. The van der Waals surface area contributed by atoms with Crippen LogP contribution < -0.4 is 10.1 Å². The van der Waals surface area contributed by atoms with E-state index in [9.17, 15) is 0 Å². The van der Waals surface area contributed by atoms with Crippen molar-refractivity contribution >= 4 is 0 Å². The van der Waals surface area contributed by atoms with Crippen molar-refractivity contribution in [2.75, 3.05) is 7.05 Å². The highest BCUT2D eigenvalue weighted by atomic mass is 16.5. The molecule has 1 aromatic carbocycles. The number of para-hydroxylation sites is 1. The molecule has 0 unspecified atom stereocenters. The number of benzene rings is 1. The normalized spacial score (nSPS) is 15.9. The SMILES string of the molecule is CN1C=CN[C]1Oc1ccccc1. The van der Waals surface area contributed by atoms with Gasteiger partial charge in [-0.1, -0.05) is 18.2 Å². The average Bonchev–Trinajstić information content (AvgIpc) is 2.54. The van der Waals surface area contributed by atoms with Gasteiger partial charge in [-0.2, -0.15) is 0 Å². The Balaban J connectivity index is 1.99. The molecule has 0 aromatic heterocycles. The molecular weight excluding hydrogens is 164 g/mol. The first kappa shape index (κ1) is 7.98. The topological polar surface area (TPSA) is 24.5 Å². The zero-order valence-electron chi connectivity index (χ0n) is 7.40. The van der Waals surface area contributed by atoms with Crippen LogP contribution in [0.25, 0.3) is 0 Å². The van der Waals surface area contributed by atoms with Gasteiger partial charge < -0.3 is 15.0 Å². The minimum atomic E-state index is 0.728. The van der Waals surface area contributed by atoms with Crippen LogP contribution >= 0.6 is 0 Å². The zero-order valence-corrected chi connectivity index (χ0v) is 7.40. The van der Waals surface area contributed by atoms with Gasteiger partial charge in [0.25, 0.3) is 0 Å².